The van der Waals surface area contributed by atoms with Gasteiger partial charge in [0.25, 0.3) is 0 Å². The molecule has 1 aromatic rings. The SMILES string of the molecule is CCCCCCCCCCCCS(=O)(=O)N(C)CCC[N+](C)(C)Cc1ccccc1. The van der Waals surface area contributed by atoms with Gasteiger partial charge in [-0.25, -0.2) is 12.7 Å². The van der Waals surface area contributed by atoms with Crippen LogP contribution in [0.5, 0.6) is 0 Å². The molecule has 0 heterocycles. The third kappa shape index (κ3) is 12.7. The summed E-state index contributed by atoms with van der Waals surface area (Å²) in [5, 5.41) is 0. The van der Waals surface area contributed by atoms with Gasteiger partial charge in [0.1, 0.15) is 6.54 Å². The van der Waals surface area contributed by atoms with Gasteiger partial charge in [-0.05, 0) is 6.42 Å². The van der Waals surface area contributed by atoms with Crippen molar-refractivity contribution < 1.29 is 12.9 Å². The predicted molar refractivity (Wildman–Crippen MR) is 130 cm³/mol. The fourth-order valence-corrected chi connectivity index (χ4v) is 5.23. The van der Waals surface area contributed by atoms with Gasteiger partial charge in [0.2, 0.25) is 10.0 Å². The van der Waals surface area contributed by atoms with E-state index < -0.39 is 10.0 Å². The molecule has 0 atom stereocenters. The molecule has 0 aliphatic carbocycles. The van der Waals surface area contributed by atoms with E-state index in [0.717, 1.165) is 43.3 Å². The van der Waals surface area contributed by atoms with E-state index in [-0.39, 0.29) is 0 Å². The first kappa shape index (κ1) is 27.1. The summed E-state index contributed by atoms with van der Waals surface area (Å²) >= 11 is 0. The van der Waals surface area contributed by atoms with E-state index in [0.29, 0.717) is 12.3 Å². The zero-order valence-corrected chi connectivity index (χ0v) is 20.9. The topological polar surface area (TPSA) is 37.4 Å². The minimum atomic E-state index is -3.12. The minimum absolute atomic E-state index is 0.294. The molecule has 0 aliphatic heterocycles. The lowest BCUT2D eigenvalue weighted by molar-refractivity contribution is -0.903. The zero-order valence-electron chi connectivity index (χ0n) is 20.1. The number of hydrogen-bond donors (Lipinski definition) is 0. The highest BCUT2D eigenvalue weighted by Crippen LogP contribution is 2.13. The molecule has 5 heteroatoms. The molecule has 0 unspecified atom stereocenters. The van der Waals surface area contributed by atoms with Crippen molar-refractivity contribution in [2.45, 2.75) is 84.1 Å². The van der Waals surface area contributed by atoms with Crippen LogP contribution in [0, 0.1) is 0 Å². The van der Waals surface area contributed by atoms with E-state index in [1.165, 1.54) is 50.5 Å². The summed E-state index contributed by atoms with van der Waals surface area (Å²) in [6.07, 6.45) is 13.1. The lowest BCUT2D eigenvalue weighted by Gasteiger charge is -2.30. The maximum absolute atomic E-state index is 12.5. The molecule has 0 saturated carbocycles. The largest absolute Gasteiger partial charge is 0.325 e. The van der Waals surface area contributed by atoms with Crippen LogP contribution >= 0.6 is 0 Å². The molecule has 0 bridgehead atoms. The zero-order chi connectivity index (χ0) is 22.3. The second-order valence-electron chi connectivity index (χ2n) is 9.48. The van der Waals surface area contributed by atoms with Crippen molar-refractivity contribution in [3.05, 3.63) is 35.9 Å². The molecule has 1 rings (SSSR count). The normalized spacial score (nSPS) is 12.6. The Hall–Kier alpha value is -0.910. The Morgan fingerprint density at radius 2 is 1.33 bits per heavy atom. The van der Waals surface area contributed by atoms with Crippen molar-refractivity contribution in [2.75, 3.05) is 40.0 Å². The number of quaternary nitrogens is 1. The van der Waals surface area contributed by atoms with Gasteiger partial charge in [-0.1, -0.05) is 95.0 Å². The number of benzene rings is 1. The Morgan fingerprint density at radius 3 is 1.90 bits per heavy atom. The van der Waals surface area contributed by atoms with Crippen molar-refractivity contribution in [2.24, 2.45) is 0 Å². The van der Waals surface area contributed by atoms with Crippen LogP contribution in [-0.4, -0.2) is 57.2 Å². The quantitative estimate of drug-likeness (QED) is 0.213. The molecule has 1 aromatic carbocycles. The van der Waals surface area contributed by atoms with E-state index in [1.807, 2.05) is 6.07 Å². The lowest BCUT2D eigenvalue weighted by Crippen LogP contribution is -2.41. The number of hydrogen-bond acceptors (Lipinski definition) is 2. The third-order valence-corrected chi connectivity index (χ3v) is 7.86. The highest BCUT2D eigenvalue weighted by molar-refractivity contribution is 7.89. The summed E-state index contributed by atoms with van der Waals surface area (Å²) in [5.41, 5.74) is 1.32. The molecule has 0 aromatic heterocycles. The summed E-state index contributed by atoms with van der Waals surface area (Å²) in [4.78, 5) is 0. The maximum Gasteiger partial charge on any atom is 0.213 e. The molecule has 0 aliphatic rings. The van der Waals surface area contributed by atoms with Gasteiger partial charge < -0.3 is 4.48 Å². The van der Waals surface area contributed by atoms with Crippen LogP contribution in [0.4, 0.5) is 0 Å². The van der Waals surface area contributed by atoms with Crippen molar-refractivity contribution in [3.8, 4) is 0 Å². The highest BCUT2D eigenvalue weighted by atomic mass is 32.2. The third-order valence-electron chi connectivity index (χ3n) is 5.92. The summed E-state index contributed by atoms with van der Waals surface area (Å²) in [7, 11) is 3.05. The van der Waals surface area contributed by atoms with Crippen LogP contribution in [0.15, 0.2) is 30.3 Å². The van der Waals surface area contributed by atoms with Crippen LogP contribution in [0.2, 0.25) is 0 Å². The van der Waals surface area contributed by atoms with Gasteiger partial charge in [-0.15, -0.1) is 0 Å². The Balaban J connectivity index is 2.16. The first-order valence-electron chi connectivity index (χ1n) is 12.1. The first-order valence-corrected chi connectivity index (χ1v) is 13.7. The number of sulfonamides is 1. The van der Waals surface area contributed by atoms with E-state index >= 15 is 0 Å². The molecule has 174 valence electrons. The van der Waals surface area contributed by atoms with Gasteiger partial charge in [-0.2, -0.15) is 0 Å². The summed E-state index contributed by atoms with van der Waals surface area (Å²) in [6.45, 7) is 4.79. The predicted octanol–water partition coefficient (Wildman–Crippen LogP) is 5.84. The molecule has 0 spiro atoms. The summed E-state index contributed by atoms with van der Waals surface area (Å²) in [6, 6.07) is 10.5. The van der Waals surface area contributed by atoms with Crippen LogP contribution in [0.1, 0.15) is 83.1 Å². The van der Waals surface area contributed by atoms with Crippen LogP contribution in [0.3, 0.4) is 0 Å². The molecule has 30 heavy (non-hydrogen) atoms. The maximum atomic E-state index is 12.5. The smallest absolute Gasteiger partial charge is 0.213 e. The molecule has 0 N–H and O–H groups in total. The highest BCUT2D eigenvalue weighted by Gasteiger charge is 2.20. The van der Waals surface area contributed by atoms with Crippen molar-refractivity contribution in [1.29, 1.82) is 0 Å². The van der Waals surface area contributed by atoms with Gasteiger partial charge in [0.15, 0.2) is 0 Å². The van der Waals surface area contributed by atoms with Crippen molar-refractivity contribution in [1.82, 2.24) is 4.31 Å². The van der Waals surface area contributed by atoms with E-state index in [2.05, 4.69) is 45.3 Å². The fraction of sp³-hybridized carbons (Fsp3) is 0.760. The average molecular weight is 440 g/mol. The molecular formula is C25H47N2O2S+. The average Bonchev–Trinajstić information content (AvgIpc) is 2.69. The fourth-order valence-electron chi connectivity index (χ4n) is 3.94. The molecular weight excluding hydrogens is 392 g/mol. The number of nitrogens with zero attached hydrogens (tertiary/aromatic N) is 2. The second kappa shape index (κ2) is 15.0. The molecule has 0 radical (unpaired) electrons. The monoisotopic (exact) mass is 439 g/mol. The van der Waals surface area contributed by atoms with E-state index in [4.69, 9.17) is 0 Å². The summed E-state index contributed by atoms with van der Waals surface area (Å²) < 4.78 is 27.5. The second-order valence-corrected chi connectivity index (χ2v) is 11.7. The first-order chi connectivity index (χ1) is 14.3. The Bertz CT molecular complexity index is 644. The Kier molecular flexibility index (Phi) is 13.5. The van der Waals surface area contributed by atoms with Gasteiger partial charge >= 0.3 is 0 Å². The standard InChI is InChI=1S/C25H47N2O2S/c1-5-6-7-8-9-10-11-12-13-17-23-30(28,29)26(2)21-18-22-27(3,4)24-25-19-15-14-16-20-25/h14-16,19-20H,5-13,17-18,21-24H2,1-4H3/q+1. The van der Waals surface area contributed by atoms with Crippen LogP contribution < -0.4 is 0 Å². The summed E-state index contributed by atoms with van der Waals surface area (Å²) in [5.74, 6) is 0.294. The molecule has 0 amide bonds. The van der Waals surface area contributed by atoms with Crippen LogP contribution in [0.25, 0.3) is 0 Å². The van der Waals surface area contributed by atoms with Gasteiger partial charge in [-0.3, -0.25) is 0 Å². The van der Waals surface area contributed by atoms with Crippen molar-refractivity contribution >= 4 is 10.0 Å². The molecule has 0 saturated heterocycles. The van der Waals surface area contributed by atoms with E-state index in [1.54, 1.807) is 11.4 Å². The Labute approximate surface area is 187 Å². The van der Waals surface area contributed by atoms with Crippen molar-refractivity contribution in [3.63, 3.8) is 0 Å². The van der Waals surface area contributed by atoms with Crippen LogP contribution in [-0.2, 0) is 16.6 Å². The Morgan fingerprint density at radius 1 is 0.800 bits per heavy atom. The molecule has 4 nitrogen and oxygen atoms in total. The van der Waals surface area contributed by atoms with Gasteiger partial charge in [0, 0.05) is 25.6 Å². The minimum Gasteiger partial charge on any atom is -0.325 e. The number of rotatable bonds is 18. The van der Waals surface area contributed by atoms with Gasteiger partial charge in [0.05, 0.1) is 26.4 Å². The lowest BCUT2D eigenvalue weighted by atomic mass is 10.1. The number of unbranched alkanes of at least 4 members (excludes halogenated alkanes) is 9. The van der Waals surface area contributed by atoms with E-state index in [9.17, 15) is 8.42 Å². The molecule has 0 fully saturated rings.